The fourth-order valence-electron chi connectivity index (χ4n) is 2.93. The minimum absolute atomic E-state index is 0.339. The molecular formula is C15H22N2O2. The lowest BCUT2D eigenvalue weighted by molar-refractivity contribution is 0.174. The number of hydrogen-bond donors (Lipinski definition) is 1. The molecule has 2 atom stereocenters. The van der Waals surface area contributed by atoms with E-state index in [4.69, 9.17) is 9.47 Å². The summed E-state index contributed by atoms with van der Waals surface area (Å²) in [6, 6.07) is 7.14. The van der Waals surface area contributed by atoms with E-state index in [0.29, 0.717) is 18.9 Å². The molecule has 0 bridgehead atoms. The molecule has 0 spiro atoms. The van der Waals surface area contributed by atoms with Crippen LogP contribution in [0.25, 0.3) is 0 Å². The first-order chi connectivity index (χ1) is 9.22. The van der Waals surface area contributed by atoms with Gasteiger partial charge in [-0.2, -0.15) is 0 Å². The molecule has 1 N–H and O–H groups in total. The normalized spacial score (nSPS) is 24.4. The van der Waals surface area contributed by atoms with Gasteiger partial charge in [-0.05, 0) is 51.1 Å². The van der Waals surface area contributed by atoms with E-state index in [0.717, 1.165) is 18.0 Å². The number of hydrogen-bond acceptors (Lipinski definition) is 4. The van der Waals surface area contributed by atoms with E-state index in [1.54, 1.807) is 0 Å². The standard InChI is InChI=1S/C15H22N2O2/c1-11(16-13-4-3-7-17(2)9-13)12-5-6-14-15(8-12)19-10-18-14/h5-6,8,11,13,16H,3-4,7,9-10H2,1-2H3. The van der Waals surface area contributed by atoms with Crippen LogP contribution in [-0.4, -0.2) is 37.9 Å². The van der Waals surface area contributed by atoms with E-state index in [9.17, 15) is 0 Å². The van der Waals surface area contributed by atoms with Crippen molar-refractivity contribution in [3.05, 3.63) is 23.8 Å². The van der Waals surface area contributed by atoms with Crippen molar-refractivity contribution < 1.29 is 9.47 Å². The highest BCUT2D eigenvalue weighted by Crippen LogP contribution is 2.34. The van der Waals surface area contributed by atoms with E-state index in [-0.39, 0.29) is 0 Å². The third-order valence-electron chi connectivity index (χ3n) is 4.01. The first kappa shape index (κ1) is 12.8. The minimum atomic E-state index is 0.339. The second kappa shape index (κ2) is 5.39. The second-order valence-electron chi connectivity index (χ2n) is 5.60. The highest BCUT2D eigenvalue weighted by molar-refractivity contribution is 5.45. The van der Waals surface area contributed by atoms with Crippen LogP contribution >= 0.6 is 0 Å². The molecule has 104 valence electrons. The Bertz CT molecular complexity index is 450. The Hall–Kier alpha value is -1.26. The molecule has 0 aromatic heterocycles. The van der Waals surface area contributed by atoms with Gasteiger partial charge in [0.2, 0.25) is 6.79 Å². The number of piperidine rings is 1. The lowest BCUT2D eigenvalue weighted by Crippen LogP contribution is -2.44. The molecule has 4 heteroatoms. The lowest BCUT2D eigenvalue weighted by atomic mass is 10.0. The first-order valence-corrected chi connectivity index (χ1v) is 7.06. The summed E-state index contributed by atoms with van der Waals surface area (Å²) in [6.07, 6.45) is 2.54. The van der Waals surface area contributed by atoms with E-state index in [1.807, 2.05) is 6.07 Å². The monoisotopic (exact) mass is 262 g/mol. The molecule has 0 amide bonds. The molecular weight excluding hydrogens is 240 g/mol. The molecule has 0 saturated carbocycles. The zero-order valence-corrected chi connectivity index (χ0v) is 11.7. The van der Waals surface area contributed by atoms with Gasteiger partial charge in [0.15, 0.2) is 11.5 Å². The number of nitrogens with one attached hydrogen (secondary N) is 1. The minimum Gasteiger partial charge on any atom is -0.454 e. The second-order valence-corrected chi connectivity index (χ2v) is 5.60. The van der Waals surface area contributed by atoms with Crippen LogP contribution in [-0.2, 0) is 0 Å². The molecule has 2 aliphatic heterocycles. The van der Waals surface area contributed by atoms with E-state index in [2.05, 4.69) is 36.3 Å². The fraction of sp³-hybridized carbons (Fsp3) is 0.600. The summed E-state index contributed by atoms with van der Waals surface area (Å²) < 4.78 is 10.8. The number of likely N-dealkylation sites (N-methyl/N-ethyl adjacent to an activating group) is 1. The Balaban J connectivity index is 1.65. The molecule has 2 aliphatic rings. The number of likely N-dealkylation sites (tertiary alicyclic amines) is 1. The van der Waals surface area contributed by atoms with Gasteiger partial charge in [0.05, 0.1) is 0 Å². The van der Waals surface area contributed by atoms with Gasteiger partial charge in [0.25, 0.3) is 0 Å². The van der Waals surface area contributed by atoms with Crippen molar-refractivity contribution in [2.75, 3.05) is 26.9 Å². The van der Waals surface area contributed by atoms with Crippen LogP contribution in [0.15, 0.2) is 18.2 Å². The molecule has 0 aliphatic carbocycles. The van der Waals surface area contributed by atoms with Crippen LogP contribution < -0.4 is 14.8 Å². The highest BCUT2D eigenvalue weighted by atomic mass is 16.7. The van der Waals surface area contributed by atoms with E-state index in [1.165, 1.54) is 24.9 Å². The summed E-state index contributed by atoms with van der Waals surface area (Å²) in [5.74, 6) is 1.72. The summed E-state index contributed by atoms with van der Waals surface area (Å²) in [4.78, 5) is 2.40. The van der Waals surface area contributed by atoms with Gasteiger partial charge < -0.3 is 19.7 Å². The Morgan fingerprint density at radius 3 is 3.00 bits per heavy atom. The highest BCUT2D eigenvalue weighted by Gasteiger charge is 2.20. The molecule has 1 fully saturated rings. The van der Waals surface area contributed by atoms with Gasteiger partial charge in [-0.15, -0.1) is 0 Å². The number of nitrogens with zero attached hydrogens (tertiary/aromatic N) is 1. The Morgan fingerprint density at radius 2 is 2.16 bits per heavy atom. The summed E-state index contributed by atoms with van der Waals surface area (Å²) in [6.45, 7) is 4.91. The third-order valence-corrected chi connectivity index (χ3v) is 4.01. The Labute approximate surface area is 114 Å². The van der Waals surface area contributed by atoms with Crippen LogP contribution in [0.5, 0.6) is 11.5 Å². The van der Waals surface area contributed by atoms with Crippen molar-refractivity contribution >= 4 is 0 Å². The molecule has 1 aromatic carbocycles. The quantitative estimate of drug-likeness (QED) is 0.905. The molecule has 4 nitrogen and oxygen atoms in total. The SMILES string of the molecule is CC(NC1CCCN(C)C1)c1ccc2c(c1)OCO2. The summed E-state index contributed by atoms with van der Waals surface area (Å²) in [5.41, 5.74) is 1.26. The van der Waals surface area contributed by atoms with Crippen molar-refractivity contribution in [3.63, 3.8) is 0 Å². The van der Waals surface area contributed by atoms with E-state index >= 15 is 0 Å². The van der Waals surface area contributed by atoms with Gasteiger partial charge >= 0.3 is 0 Å². The maximum absolute atomic E-state index is 5.44. The molecule has 2 heterocycles. The number of ether oxygens (including phenoxy) is 2. The zero-order valence-electron chi connectivity index (χ0n) is 11.7. The van der Waals surface area contributed by atoms with Gasteiger partial charge in [0, 0.05) is 18.6 Å². The fourth-order valence-corrected chi connectivity index (χ4v) is 2.93. The summed E-state index contributed by atoms with van der Waals surface area (Å²) >= 11 is 0. The predicted molar refractivity (Wildman–Crippen MR) is 74.6 cm³/mol. The molecule has 3 rings (SSSR count). The number of fused-ring (bicyclic) bond motifs is 1. The number of rotatable bonds is 3. The molecule has 2 unspecified atom stereocenters. The van der Waals surface area contributed by atoms with Crippen LogP contribution in [0.1, 0.15) is 31.4 Å². The molecule has 1 aromatic rings. The smallest absolute Gasteiger partial charge is 0.231 e. The maximum atomic E-state index is 5.44. The zero-order chi connectivity index (χ0) is 13.2. The van der Waals surface area contributed by atoms with Crippen molar-refractivity contribution in [2.45, 2.75) is 31.8 Å². The summed E-state index contributed by atoms with van der Waals surface area (Å²) in [5, 5.41) is 3.72. The maximum Gasteiger partial charge on any atom is 0.231 e. The Kier molecular flexibility index (Phi) is 3.62. The van der Waals surface area contributed by atoms with Crippen molar-refractivity contribution in [2.24, 2.45) is 0 Å². The predicted octanol–water partition coefficient (Wildman–Crippen LogP) is 2.16. The molecule has 19 heavy (non-hydrogen) atoms. The van der Waals surface area contributed by atoms with Crippen molar-refractivity contribution in [1.82, 2.24) is 10.2 Å². The number of benzene rings is 1. The molecule has 0 radical (unpaired) electrons. The van der Waals surface area contributed by atoms with Gasteiger partial charge in [-0.1, -0.05) is 6.07 Å². The van der Waals surface area contributed by atoms with Crippen LogP contribution in [0.4, 0.5) is 0 Å². The summed E-state index contributed by atoms with van der Waals surface area (Å²) in [7, 11) is 2.19. The first-order valence-electron chi connectivity index (χ1n) is 7.06. The van der Waals surface area contributed by atoms with Crippen molar-refractivity contribution in [1.29, 1.82) is 0 Å². The van der Waals surface area contributed by atoms with Gasteiger partial charge in [-0.3, -0.25) is 0 Å². The average Bonchev–Trinajstić information content (AvgIpc) is 2.85. The lowest BCUT2D eigenvalue weighted by Gasteiger charge is -2.32. The van der Waals surface area contributed by atoms with Gasteiger partial charge in [0.1, 0.15) is 0 Å². The largest absolute Gasteiger partial charge is 0.454 e. The topological polar surface area (TPSA) is 33.7 Å². The van der Waals surface area contributed by atoms with Crippen molar-refractivity contribution in [3.8, 4) is 11.5 Å². The van der Waals surface area contributed by atoms with Crippen LogP contribution in [0.2, 0.25) is 0 Å². The van der Waals surface area contributed by atoms with Crippen LogP contribution in [0.3, 0.4) is 0 Å². The average molecular weight is 262 g/mol. The molecule has 1 saturated heterocycles. The van der Waals surface area contributed by atoms with Crippen LogP contribution in [0, 0.1) is 0 Å². The third kappa shape index (κ3) is 2.85. The van der Waals surface area contributed by atoms with Gasteiger partial charge in [-0.25, -0.2) is 0 Å². The van der Waals surface area contributed by atoms with E-state index < -0.39 is 0 Å². The Morgan fingerprint density at radius 1 is 1.32 bits per heavy atom.